The van der Waals surface area contributed by atoms with E-state index in [-0.39, 0.29) is 11.5 Å². The van der Waals surface area contributed by atoms with Gasteiger partial charge < -0.3 is 5.73 Å². The highest BCUT2D eigenvalue weighted by molar-refractivity contribution is 7.99. The first-order valence-corrected chi connectivity index (χ1v) is 7.95. The maximum Gasteiger partial charge on any atom is 0.236 e. The summed E-state index contributed by atoms with van der Waals surface area (Å²) in [6.07, 6.45) is 0. The fraction of sp³-hybridized carbons (Fsp3) is 0. The summed E-state index contributed by atoms with van der Waals surface area (Å²) in [4.78, 5) is 8.76. The van der Waals surface area contributed by atoms with Gasteiger partial charge in [-0.25, -0.2) is 9.83 Å². The Kier molecular flexibility index (Phi) is 4.47. The Labute approximate surface area is 144 Å². The molecule has 3 aromatic rings. The summed E-state index contributed by atoms with van der Waals surface area (Å²) < 4.78 is 0. The van der Waals surface area contributed by atoms with Crippen LogP contribution in [-0.4, -0.2) is 4.98 Å². The third-order valence-electron chi connectivity index (χ3n) is 3.41. The van der Waals surface area contributed by atoms with Crippen LogP contribution in [-0.2, 0) is 0 Å². The second-order valence-electron chi connectivity index (χ2n) is 4.91. The average molecular weight is 328 g/mol. The van der Waals surface area contributed by atoms with Crippen molar-refractivity contribution in [3.63, 3.8) is 0 Å². The number of nitriles is 1. The van der Waals surface area contributed by atoms with Crippen molar-refractivity contribution in [1.29, 1.82) is 5.26 Å². The Hall–Kier alpha value is -3.28. The van der Waals surface area contributed by atoms with E-state index in [1.807, 2.05) is 60.7 Å². The van der Waals surface area contributed by atoms with Gasteiger partial charge in [0.05, 0.1) is 12.1 Å². The third kappa shape index (κ3) is 2.94. The lowest BCUT2D eigenvalue weighted by Gasteiger charge is -2.13. The van der Waals surface area contributed by atoms with Crippen LogP contribution >= 0.6 is 11.8 Å². The summed E-state index contributed by atoms with van der Waals surface area (Å²) >= 11 is 1.36. The zero-order valence-corrected chi connectivity index (χ0v) is 13.4. The Morgan fingerprint density at radius 2 is 1.67 bits per heavy atom. The number of rotatable bonds is 3. The molecule has 0 bridgehead atoms. The molecule has 24 heavy (non-hydrogen) atoms. The number of nitrogens with zero attached hydrogens (tertiary/aromatic N) is 3. The topological polar surface area (TPSA) is 67.1 Å². The SMILES string of the molecule is [C-]#[N+]c1c(N)nc(Sc2ccccc2)c(C#N)c1-c1ccccc1. The molecule has 0 fully saturated rings. The number of hydrogen-bond acceptors (Lipinski definition) is 4. The standard InChI is InChI=1S/C19H12N4S/c1-22-17-16(13-8-4-2-5-9-13)15(12-20)19(23-18(17)21)24-14-10-6-3-7-11-14/h2-11H,(H2,21,23). The van der Waals surface area contributed by atoms with E-state index in [9.17, 15) is 5.26 Å². The summed E-state index contributed by atoms with van der Waals surface area (Å²) in [7, 11) is 0. The average Bonchev–Trinajstić information content (AvgIpc) is 2.63. The molecule has 0 spiro atoms. The highest BCUT2D eigenvalue weighted by atomic mass is 32.2. The van der Waals surface area contributed by atoms with E-state index in [1.54, 1.807) is 0 Å². The molecular formula is C19H12N4S. The molecule has 114 valence electrons. The molecule has 5 heteroatoms. The molecule has 0 amide bonds. The van der Waals surface area contributed by atoms with Gasteiger partial charge in [-0.15, -0.1) is 0 Å². The van der Waals surface area contributed by atoms with Crippen molar-refractivity contribution < 1.29 is 0 Å². The predicted molar refractivity (Wildman–Crippen MR) is 95.6 cm³/mol. The molecule has 2 aromatic carbocycles. The second-order valence-corrected chi connectivity index (χ2v) is 5.97. The molecular weight excluding hydrogens is 316 g/mol. The van der Waals surface area contributed by atoms with E-state index in [0.29, 0.717) is 16.2 Å². The largest absolute Gasteiger partial charge is 0.392 e. The van der Waals surface area contributed by atoms with Crippen LogP contribution in [0.4, 0.5) is 11.5 Å². The molecule has 0 aliphatic rings. The van der Waals surface area contributed by atoms with Gasteiger partial charge in [0.1, 0.15) is 16.9 Å². The van der Waals surface area contributed by atoms with Gasteiger partial charge in [-0.1, -0.05) is 60.3 Å². The first-order chi connectivity index (χ1) is 11.7. The smallest absolute Gasteiger partial charge is 0.236 e. The molecule has 0 radical (unpaired) electrons. The van der Waals surface area contributed by atoms with Crippen molar-refractivity contribution in [2.75, 3.05) is 5.73 Å². The number of benzene rings is 2. The van der Waals surface area contributed by atoms with Crippen molar-refractivity contribution in [3.8, 4) is 17.2 Å². The van der Waals surface area contributed by atoms with E-state index in [0.717, 1.165) is 10.5 Å². The van der Waals surface area contributed by atoms with E-state index in [4.69, 9.17) is 12.3 Å². The summed E-state index contributed by atoms with van der Waals surface area (Å²) in [6, 6.07) is 21.2. The lowest BCUT2D eigenvalue weighted by atomic mass is 10.00. The molecule has 0 saturated heterocycles. The number of aromatic nitrogens is 1. The molecule has 1 aromatic heterocycles. The molecule has 0 atom stereocenters. The summed E-state index contributed by atoms with van der Waals surface area (Å²) in [5.41, 5.74) is 7.91. The quantitative estimate of drug-likeness (QED) is 0.694. The van der Waals surface area contributed by atoms with Crippen LogP contribution in [0, 0.1) is 17.9 Å². The third-order valence-corrected chi connectivity index (χ3v) is 4.41. The van der Waals surface area contributed by atoms with Crippen LogP contribution in [0.3, 0.4) is 0 Å². The number of anilines is 1. The van der Waals surface area contributed by atoms with Crippen LogP contribution in [0.5, 0.6) is 0 Å². The highest BCUT2D eigenvalue weighted by Crippen LogP contribution is 2.42. The molecule has 4 nitrogen and oxygen atoms in total. The normalized spacial score (nSPS) is 9.92. The van der Waals surface area contributed by atoms with E-state index < -0.39 is 0 Å². The molecule has 0 saturated carbocycles. The Morgan fingerprint density at radius 1 is 1.04 bits per heavy atom. The fourth-order valence-corrected chi connectivity index (χ4v) is 3.26. The fourth-order valence-electron chi connectivity index (χ4n) is 2.35. The van der Waals surface area contributed by atoms with Crippen LogP contribution in [0.25, 0.3) is 16.0 Å². The van der Waals surface area contributed by atoms with Gasteiger partial charge >= 0.3 is 0 Å². The van der Waals surface area contributed by atoms with Crippen molar-refractivity contribution in [1.82, 2.24) is 4.98 Å². The van der Waals surface area contributed by atoms with E-state index >= 15 is 0 Å². The van der Waals surface area contributed by atoms with Gasteiger partial charge in [0.2, 0.25) is 5.69 Å². The number of hydrogen-bond donors (Lipinski definition) is 1. The zero-order chi connectivity index (χ0) is 16.9. The van der Waals surface area contributed by atoms with E-state index in [2.05, 4.69) is 15.9 Å². The monoisotopic (exact) mass is 328 g/mol. The predicted octanol–water partition coefficient (Wildman–Crippen LogP) is 4.90. The molecule has 0 aliphatic carbocycles. The van der Waals surface area contributed by atoms with Crippen LogP contribution in [0.15, 0.2) is 70.6 Å². The van der Waals surface area contributed by atoms with Crippen LogP contribution in [0.2, 0.25) is 0 Å². The number of nitrogen functional groups attached to an aromatic ring is 1. The maximum absolute atomic E-state index is 9.70. The maximum atomic E-state index is 9.70. The lowest BCUT2D eigenvalue weighted by Crippen LogP contribution is -1.99. The minimum absolute atomic E-state index is 0.140. The highest BCUT2D eigenvalue weighted by Gasteiger charge is 2.20. The molecule has 0 unspecified atom stereocenters. The summed E-state index contributed by atoms with van der Waals surface area (Å²) in [5.74, 6) is 0.140. The second kappa shape index (κ2) is 6.87. The molecule has 1 heterocycles. The van der Waals surface area contributed by atoms with Gasteiger partial charge in [-0.2, -0.15) is 5.26 Å². The molecule has 3 rings (SSSR count). The van der Waals surface area contributed by atoms with Gasteiger partial charge in [-0.05, 0) is 17.7 Å². The van der Waals surface area contributed by atoms with Crippen molar-refractivity contribution >= 4 is 23.3 Å². The minimum Gasteiger partial charge on any atom is -0.392 e. The van der Waals surface area contributed by atoms with Gasteiger partial charge in [-0.3, -0.25) is 0 Å². The minimum atomic E-state index is 0.140. The summed E-state index contributed by atoms with van der Waals surface area (Å²) in [6.45, 7) is 7.43. The zero-order valence-electron chi connectivity index (χ0n) is 12.6. The number of pyridine rings is 1. The van der Waals surface area contributed by atoms with E-state index in [1.165, 1.54) is 11.8 Å². The number of nitrogens with two attached hydrogens (primary N) is 1. The van der Waals surface area contributed by atoms with Crippen LogP contribution < -0.4 is 5.73 Å². The Bertz CT molecular complexity index is 955. The molecule has 0 aliphatic heterocycles. The van der Waals surface area contributed by atoms with Crippen molar-refractivity contribution in [3.05, 3.63) is 77.6 Å². The van der Waals surface area contributed by atoms with Gasteiger partial charge in [0.25, 0.3) is 0 Å². The van der Waals surface area contributed by atoms with Gasteiger partial charge in [0.15, 0.2) is 0 Å². The molecule has 2 N–H and O–H groups in total. The Morgan fingerprint density at radius 3 is 2.25 bits per heavy atom. The van der Waals surface area contributed by atoms with Crippen molar-refractivity contribution in [2.45, 2.75) is 9.92 Å². The first-order valence-electron chi connectivity index (χ1n) is 7.14. The van der Waals surface area contributed by atoms with Crippen LogP contribution in [0.1, 0.15) is 5.56 Å². The lowest BCUT2D eigenvalue weighted by molar-refractivity contribution is 1.13. The van der Waals surface area contributed by atoms with Gasteiger partial charge in [0, 0.05) is 10.5 Å². The Balaban J connectivity index is 2.24. The summed E-state index contributed by atoms with van der Waals surface area (Å²) in [5, 5.41) is 10.2. The first kappa shape index (κ1) is 15.6. The van der Waals surface area contributed by atoms with Crippen molar-refractivity contribution in [2.24, 2.45) is 0 Å².